The van der Waals surface area contributed by atoms with Crippen LogP contribution in [0.25, 0.3) is 0 Å². The molecule has 0 radical (unpaired) electrons. The van der Waals surface area contributed by atoms with E-state index in [-0.39, 0.29) is 35.4 Å². The molecule has 2 atom stereocenters. The Bertz CT molecular complexity index is 921. The lowest BCUT2D eigenvalue weighted by Crippen LogP contribution is -2.34. The summed E-state index contributed by atoms with van der Waals surface area (Å²) in [6.07, 6.45) is 3.38. The fraction of sp³-hybridized carbons (Fsp3) is 0.350. The summed E-state index contributed by atoms with van der Waals surface area (Å²) >= 11 is 0. The Morgan fingerprint density at radius 3 is 2.52 bits per heavy atom. The van der Waals surface area contributed by atoms with Gasteiger partial charge in [-0.1, -0.05) is 25.5 Å². The number of carbonyl (C=O) groups is 2. The van der Waals surface area contributed by atoms with Gasteiger partial charge in [-0.15, -0.1) is 0 Å². The second-order valence-corrected chi connectivity index (χ2v) is 6.77. The minimum Gasteiger partial charge on any atom is -0.355 e. The van der Waals surface area contributed by atoms with Crippen molar-refractivity contribution in [3.63, 3.8) is 0 Å². The zero-order valence-corrected chi connectivity index (χ0v) is 15.3. The average molecular weight is 371 g/mol. The first-order chi connectivity index (χ1) is 12.9. The molecule has 1 fully saturated rings. The van der Waals surface area contributed by atoms with E-state index in [1.54, 1.807) is 12.1 Å². The molecular formula is C20H22FN3O3. The molecule has 27 heavy (non-hydrogen) atoms. The molecular weight excluding hydrogens is 349 g/mol. The van der Waals surface area contributed by atoms with Gasteiger partial charge in [-0.25, -0.2) is 4.39 Å². The van der Waals surface area contributed by atoms with Gasteiger partial charge in [-0.3, -0.25) is 14.4 Å². The summed E-state index contributed by atoms with van der Waals surface area (Å²) < 4.78 is 14.4. The Balaban J connectivity index is 1.93. The maximum absolute atomic E-state index is 13.1. The van der Waals surface area contributed by atoms with Crippen LogP contribution < -0.4 is 16.2 Å². The summed E-state index contributed by atoms with van der Waals surface area (Å²) in [6.45, 7) is 2.20. The van der Waals surface area contributed by atoms with Crippen LogP contribution in [0.3, 0.4) is 0 Å². The van der Waals surface area contributed by atoms with E-state index in [0.717, 1.165) is 12.8 Å². The van der Waals surface area contributed by atoms with Crippen LogP contribution in [0.5, 0.6) is 0 Å². The van der Waals surface area contributed by atoms with E-state index in [1.807, 2.05) is 0 Å². The first-order valence-corrected chi connectivity index (χ1v) is 8.94. The summed E-state index contributed by atoms with van der Waals surface area (Å²) in [6, 6.07) is 7.18. The number of carbonyl (C=O) groups excluding carboxylic acids is 2. The predicted octanol–water partition coefficient (Wildman–Crippen LogP) is 1.92. The molecule has 3 rings (SSSR count). The van der Waals surface area contributed by atoms with Gasteiger partial charge >= 0.3 is 0 Å². The van der Waals surface area contributed by atoms with E-state index in [0.29, 0.717) is 11.5 Å². The molecule has 1 aromatic heterocycles. The number of amides is 2. The molecule has 2 N–H and O–H groups in total. The molecule has 1 aromatic carbocycles. The number of aromatic nitrogens is 1. The zero-order valence-electron chi connectivity index (χ0n) is 15.3. The number of hydrogen-bond donors (Lipinski definition) is 2. The van der Waals surface area contributed by atoms with Crippen molar-refractivity contribution < 1.29 is 14.0 Å². The van der Waals surface area contributed by atoms with Crippen molar-refractivity contribution in [1.29, 1.82) is 0 Å². The molecule has 0 aliphatic heterocycles. The monoisotopic (exact) mass is 371 g/mol. The molecule has 2 unspecified atom stereocenters. The van der Waals surface area contributed by atoms with Crippen LogP contribution in [0, 0.1) is 11.7 Å². The van der Waals surface area contributed by atoms with Crippen LogP contribution in [0.1, 0.15) is 46.0 Å². The smallest absolute Gasteiger partial charge is 0.263 e. The molecule has 0 saturated heterocycles. The van der Waals surface area contributed by atoms with Gasteiger partial charge < -0.3 is 15.2 Å². The SMILES string of the molecule is CCC1CC1NC(=O)c1cc(C(=O)NC)c(=O)n(Cc2ccc(F)cc2)c1. The fourth-order valence-electron chi connectivity index (χ4n) is 3.09. The first kappa shape index (κ1) is 18.8. The maximum Gasteiger partial charge on any atom is 0.263 e. The molecule has 7 heteroatoms. The molecule has 2 amide bonds. The van der Waals surface area contributed by atoms with Gasteiger partial charge in [0.1, 0.15) is 11.4 Å². The number of nitrogens with one attached hydrogen (secondary N) is 2. The van der Waals surface area contributed by atoms with Gasteiger partial charge in [0.2, 0.25) is 0 Å². The zero-order chi connectivity index (χ0) is 19.6. The largest absolute Gasteiger partial charge is 0.355 e. The lowest BCUT2D eigenvalue weighted by atomic mass is 10.1. The number of nitrogens with zero attached hydrogens (tertiary/aromatic N) is 1. The lowest BCUT2D eigenvalue weighted by Gasteiger charge is -2.12. The van der Waals surface area contributed by atoms with E-state index in [2.05, 4.69) is 17.6 Å². The van der Waals surface area contributed by atoms with Crippen molar-refractivity contribution in [2.24, 2.45) is 5.92 Å². The molecule has 0 bridgehead atoms. The summed E-state index contributed by atoms with van der Waals surface area (Å²) in [4.78, 5) is 37.3. The van der Waals surface area contributed by atoms with Crippen molar-refractivity contribution in [2.45, 2.75) is 32.4 Å². The molecule has 1 aliphatic rings. The topological polar surface area (TPSA) is 80.2 Å². The third kappa shape index (κ3) is 4.24. The Morgan fingerprint density at radius 1 is 1.22 bits per heavy atom. The molecule has 0 spiro atoms. The van der Waals surface area contributed by atoms with Gasteiger partial charge in [-0.2, -0.15) is 0 Å². The van der Waals surface area contributed by atoms with Gasteiger partial charge in [0.25, 0.3) is 17.4 Å². The Morgan fingerprint density at radius 2 is 1.93 bits per heavy atom. The average Bonchev–Trinajstić information content (AvgIpc) is 3.42. The first-order valence-electron chi connectivity index (χ1n) is 8.94. The minimum atomic E-state index is -0.555. The second kappa shape index (κ2) is 7.73. The molecule has 1 aliphatic carbocycles. The second-order valence-electron chi connectivity index (χ2n) is 6.77. The highest BCUT2D eigenvalue weighted by molar-refractivity contribution is 5.99. The van der Waals surface area contributed by atoms with Crippen molar-refractivity contribution in [3.05, 3.63) is 69.4 Å². The van der Waals surface area contributed by atoms with Crippen LogP contribution in [-0.2, 0) is 6.54 Å². The highest BCUT2D eigenvalue weighted by Gasteiger charge is 2.36. The molecule has 1 heterocycles. The van der Waals surface area contributed by atoms with E-state index in [4.69, 9.17) is 0 Å². The van der Waals surface area contributed by atoms with Crippen molar-refractivity contribution >= 4 is 11.8 Å². The van der Waals surface area contributed by atoms with Gasteiger partial charge in [-0.05, 0) is 36.1 Å². The minimum absolute atomic E-state index is 0.102. The van der Waals surface area contributed by atoms with Crippen molar-refractivity contribution in [2.75, 3.05) is 7.05 Å². The van der Waals surface area contributed by atoms with Crippen LogP contribution in [0.15, 0.2) is 41.3 Å². The maximum atomic E-state index is 13.1. The van der Waals surface area contributed by atoms with Crippen molar-refractivity contribution in [3.8, 4) is 0 Å². The lowest BCUT2D eigenvalue weighted by molar-refractivity contribution is 0.0948. The van der Waals surface area contributed by atoms with Crippen LogP contribution in [-0.4, -0.2) is 29.5 Å². The Labute approximate surface area is 156 Å². The summed E-state index contributed by atoms with van der Waals surface area (Å²) in [5, 5.41) is 5.36. The molecule has 6 nitrogen and oxygen atoms in total. The highest BCUT2D eigenvalue weighted by Crippen LogP contribution is 2.33. The van der Waals surface area contributed by atoms with E-state index in [1.165, 1.54) is 36.0 Å². The van der Waals surface area contributed by atoms with Gasteiger partial charge in [0, 0.05) is 19.3 Å². The third-order valence-corrected chi connectivity index (χ3v) is 4.85. The number of pyridine rings is 1. The summed E-state index contributed by atoms with van der Waals surface area (Å²) in [7, 11) is 1.43. The van der Waals surface area contributed by atoms with E-state index in [9.17, 15) is 18.8 Å². The quantitative estimate of drug-likeness (QED) is 0.814. The van der Waals surface area contributed by atoms with Crippen LogP contribution in [0.2, 0.25) is 0 Å². The number of benzene rings is 1. The number of hydrogen-bond acceptors (Lipinski definition) is 3. The number of rotatable bonds is 6. The van der Waals surface area contributed by atoms with E-state index < -0.39 is 11.5 Å². The highest BCUT2D eigenvalue weighted by atomic mass is 19.1. The number of halogens is 1. The van der Waals surface area contributed by atoms with E-state index >= 15 is 0 Å². The summed E-state index contributed by atoms with van der Waals surface area (Å²) in [5.74, 6) is -0.757. The van der Waals surface area contributed by atoms with Crippen LogP contribution in [0.4, 0.5) is 4.39 Å². The Kier molecular flexibility index (Phi) is 5.39. The normalized spacial score (nSPS) is 18.0. The molecule has 142 valence electrons. The standard InChI is InChI=1S/C20H22FN3O3/c1-3-13-9-17(13)23-18(25)14-8-16(19(26)22-2)20(27)24(11-14)10-12-4-6-15(21)7-5-12/h4-8,11,13,17H,3,9-10H2,1-2H3,(H,22,26)(H,23,25). The van der Waals surface area contributed by atoms with Gasteiger partial charge in [0.15, 0.2) is 0 Å². The van der Waals surface area contributed by atoms with Crippen molar-refractivity contribution in [1.82, 2.24) is 15.2 Å². The summed E-state index contributed by atoms with van der Waals surface area (Å²) in [5.41, 5.74) is 0.326. The fourth-order valence-corrected chi connectivity index (χ4v) is 3.09. The van der Waals surface area contributed by atoms with Crippen LogP contribution >= 0.6 is 0 Å². The Hall–Kier alpha value is -2.96. The molecule has 2 aromatic rings. The third-order valence-electron chi connectivity index (χ3n) is 4.85. The molecule has 1 saturated carbocycles. The predicted molar refractivity (Wildman–Crippen MR) is 99.2 cm³/mol. The van der Waals surface area contributed by atoms with Gasteiger partial charge in [0.05, 0.1) is 12.1 Å².